The molecule has 26 heavy (non-hydrogen) atoms. The summed E-state index contributed by atoms with van der Waals surface area (Å²) in [7, 11) is 0. The lowest BCUT2D eigenvalue weighted by Crippen LogP contribution is -2.22. The van der Waals surface area contributed by atoms with Gasteiger partial charge >= 0.3 is 0 Å². The minimum absolute atomic E-state index is 0.0474. The van der Waals surface area contributed by atoms with E-state index in [1.54, 1.807) is 12.1 Å². The fourth-order valence-corrected chi connectivity index (χ4v) is 3.87. The molecule has 1 unspecified atom stereocenters. The van der Waals surface area contributed by atoms with Crippen LogP contribution in [0.4, 0.5) is 0 Å². The van der Waals surface area contributed by atoms with E-state index in [0.29, 0.717) is 11.8 Å². The van der Waals surface area contributed by atoms with Crippen LogP contribution in [0.3, 0.4) is 0 Å². The molecule has 0 fully saturated rings. The Balaban J connectivity index is 2.14. The summed E-state index contributed by atoms with van der Waals surface area (Å²) in [5.41, 5.74) is 0.302. The zero-order valence-electron chi connectivity index (χ0n) is 14.1. The highest BCUT2D eigenvalue weighted by Gasteiger charge is 2.35. The molecule has 1 aliphatic rings. The van der Waals surface area contributed by atoms with Crippen LogP contribution < -0.4 is 0 Å². The lowest BCUT2D eigenvalue weighted by Gasteiger charge is -2.22. The maximum Gasteiger partial charge on any atom is 0.198 e. The first-order valence-electron chi connectivity index (χ1n) is 8.19. The van der Waals surface area contributed by atoms with Crippen LogP contribution in [0.5, 0.6) is 11.5 Å². The number of benzene rings is 2. The Morgan fingerprint density at radius 1 is 1.08 bits per heavy atom. The molecule has 134 valence electrons. The standard InChI is InChI=1S/C20H17BrO5/c1-10(22)11(6-7-21)8-12-9-15(23)16-17(18(12)24)20(26)14-5-3-2-4-13(14)19(16)25/h2-5,9,11,23-24H,6-8H2,1H3. The van der Waals surface area contributed by atoms with Crippen LogP contribution in [0.1, 0.15) is 50.8 Å². The van der Waals surface area contributed by atoms with Crippen LogP contribution >= 0.6 is 15.9 Å². The van der Waals surface area contributed by atoms with E-state index in [0.717, 1.165) is 0 Å². The van der Waals surface area contributed by atoms with Crippen molar-refractivity contribution in [1.82, 2.24) is 0 Å². The summed E-state index contributed by atoms with van der Waals surface area (Å²) in [5, 5.41) is 21.7. The van der Waals surface area contributed by atoms with E-state index in [1.165, 1.54) is 25.1 Å². The maximum atomic E-state index is 12.8. The van der Waals surface area contributed by atoms with Crippen LogP contribution in [-0.2, 0) is 11.2 Å². The maximum absolute atomic E-state index is 12.8. The molecule has 0 spiro atoms. The van der Waals surface area contributed by atoms with Gasteiger partial charge in [-0.25, -0.2) is 0 Å². The van der Waals surface area contributed by atoms with E-state index in [1.807, 2.05) is 0 Å². The number of Topliss-reactive ketones (excluding diaryl/α,β-unsaturated/α-hetero) is 1. The molecular formula is C20H17BrO5. The number of halogens is 1. The second-order valence-electron chi connectivity index (χ2n) is 6.35. The monoisotopic (exact) mass is 416 g/mol. The molecule has 0 amide bonds. The van der Waals surface area contributed by atoms with E-state index in [-0.39, 0.29) is 57.4 Å². The van der Waals surface area contributed by atoms with E-state index in [4.69, 9.17) is 0 Å². The smallest absolute Gasteiger partial charge is 0.198 e. The first-order chi connectivity index (χ1) is 12.4. The molecule has 1 aliphatic carbocycles. The van der Waals surface area contributed by atoms with Crippen LogP contribution in [-0.4, -0.2) is 32.9 Å². The average Bonchev–Trinajstić information content (AvgIpc) is 2.61. The van der Waals surface area contributed by atoms with Crippen LogP contribution in [0.15, 0.2) is 30.3 Å². The van der Waals surface area contributed by atoms with Gasteiger partial charge in [-0.2, -0.15) is 0 Å². The largest absolute Gasteiger partial charge is 0.507 e. The molecule has 2 aromatic carbocycles. The molecule has 2 N–H and O–H groups in total. The lowest BCUT2D eigenvalue weighted by molar-refractivity contribution is -0.120. The van der Waals surface area contributed by atoms with Gasteiger partial charge in [-0.1, -0.05) is 40.2 Å². The Labute approximate surface area is 158 Å². The Hall–Kier alpha value is -2.47. The van der Waals surface area contributed by atoms with Gasteiger partial charge in [0.05, 0.1) is 11.1 Å². The molecule has 0 aliphatic heterocycles. The SMILES string of the molecule is CC(=O)C(CCBr)Cc1cc(O)c2c(c1O)C(=O)c1ccccc1C2=O. The van der Waals surface area contributed by atoms with E-state index in [9.17, 15) is 24.6 Å². The second-order valence-corrected chi connectivity index (χ2v) is 7.14. The summed E-state index contributed by atoms with van der Waals surface area (Å²) >= 11 is 3.30. The van der Waals surface area contributed by atoms with Gasteiger partial charge in [-0.15, -0.1) is 0 Å². The summed E-state index contributed by atoms with van der Waals surface area (Å²) in [4.78, 5) is 37.3. The third-order valence-electron chi connectivity index (χ3n) is 4.73. The van der Waals surface area contributed by atoms with Crippen molar-refractivity contribution in [3.63, 3.8) is 0 Å². The quantitative estimate of drug-likeness (QED) is 0.491. The first-order valence-corrected chi connectivity index (χ1v) is 9.31. The van der Waals surface area contributed by atoms with Gasteiger partial charge in [-0.3, -0.25) is 14.4 Å². The van der Waals surface area contributed by atoms with Crippen LogP contribution in [0.2, 0.25) is 0 Å². The Morgan fingerprint density at radius 3 is 2.19 bits per heavy atom. The third-order valence-corrected chi connectivity index (χ3v) is 5.19. The minimum atomic E-state index is -0.510. The molecule has 1 atom stereocenters. The number of fused-ring (bicyclic) bond motifs is 2. The number of rotatable bonds is 5. The second kappa shape index (κ2) is 7.03. The molecule has 0 bridgehead atoms. The summed E-state index contributed by atoms with van der Waals surface area (Å²) < 4.78 is 0. The van der Waals surface area contributed by atoms with Crippen molar-refractivity contribution >= 4 is 33.3 Å². The number of carbonyl (C=O) groups is 3. The molecule has 6 heteroatoms. The third kappa shape index (κ3) is 2.94. The zero-order chi connectivity index (χ0) is 19.0. The van der Waals surface area contributed by atoms with Gasteiger partial charge in [0.15, 0.2) is 11.6 Å². The first kappa shape index (κ1) is 18.3. The summed E-state index contributed by atoms with van der Waals surface area (Å²) in [6, 6.07) is 7.59. The van der Waals surface area contributed by atoms with Crippen molar-refractivity contribution in [2.24, 2.45) is 5.92 Å². The van der Waals surface area contributed by atoms with Crippen molar-refractivity contribution in [1.29, 1.82) is 0 Å². The van der Waals surface area contributed by atoms with Crippen LogP contribution in [0, 0.1) is 5.92 Å². The van der Waals surface area contributed by atoms with Crippen molar-refractivity contribution in [2.45, 2.75) is 19.8 Å². The summed E-state index contributed by atoms with van der Waals surface area (Å²) in [6.45, 7) is 1.47. The van der Waals surface area contributed by atoms with Gasteiger partial charge < -0.3 is 10.2 Å². The predicted molar refractivity (Wildman–Crippen MR) is 99.4 cm³/mol. The van der Waals surface area contributed by atoms with Crippen molar-refractivity contribution in [3.05, 3.63) is 58.1 Å². The zero-order valence-corrected chi connectivity index (χ0v) is 15.7. The highest BCUT2D eigenvalue weighted by Crippen LogP contribution is 2.40. The number of hydrogen-bond donors (Lipinski definition) is 2. The van der Waals surface area contributed by atoms with Gasteiger partial charge in [0, 0.05) is 22.4 Å². The van der Waals surface area contributed by atoms with Gasteiger partial charge in [0.2, 0.25) is 0 Å². The fourth-order valence-electron chi connectivity index (χ4n) is 3.31. The molecule has 0 radical (unpaired) electrons. The molecule has 0 heterocycles. The van der Waals surface area contributed by atoms with Crippen molar-refractivity contribution in [2.75, 3.05) is 5.33 Å². The molecule has 0 aromatic heterocycles. The molecular weight excluding hydrogens is 400 g/mol. The molecule has 5 nitrogen and oxygen atoms in total. The number of carbonyl (C=O) groups excluding carboxylic acids is 3. The molecule has 3 rings (SSSR count). The number of phenols is 2. The highest BCUT2D eigenvalue weighted by atomic mass is 79.9. The Kier molecular flexibility index (Phi) is 4.96. The number of phenolic OH excluding ortho intramolecular Hbond substituents is 2. The van der Waals surface area contributed by atoms with Crippen LogP contribution in [0.25, 0.3) is 0 Å². The summed E-state index contributed by atoms with van der Waals surface area (Å²) in [5.74, 6) is -2.12. The number of aromatic hydroxyl groups is 2. The van der Waals surface area contributed by atoms with Gasteiger partial charge in [-0.05, 0) is 31.4 Å². The number of ketones is 3. The van der Waals surface area contributed by atoms with Crippen molar-refractivity contribution in [3.8, 4) is 11.5 Å². The van der Waals surface area contributed by atoms with Crippen molar-refractivity contribution < 1.29 is 24.6 Å². The lowest BCUT2D eigenvalue weighted by atomic mass is 9.81. The van der Waals surface area contributed by atoms with E-state index < -0.39 is 11.6 Å². The Morgan fingerprint density at radius 2 is 1.65 bits per heavy atom. The van der Waals surface area contributed by atoms with Gasteiger partial charge in [0.1, 0.15) is 17.3 Å². The summed E-state index contributed by atoms with van der Waals surface area (Å²) in [6.07, 6.45) is 0.735. The average molecular weight is 417 g/mol. The minimum Gasteiger partial charge on any atom is -0.507 e. The fraction of sp³-hybridized carbons (Fsp3) is 0.250. The highest BCUT2D eigenvalue weighted by molar-refractivity contribution is 9.09. The molecule has 0 saturated carbocycles. The van der Waals surface area contributed by atoms with E-state index >= 15 is 0 Å². The predicted octanol–water partition coefficient (Wildman–Crippen LogP) is 3.41. The number of hydrogen-bond acceptors (Lipinski definition) is 5. The normalized spacial score (nSPS) is 13.9. The molecule has 0 saturated heterocycles. The number of alkyl halides is 1. The Bertz CT molecular complexity index is 932. The van der Waals surface area contributed by atoms with Gasteiger partial charge in [0.25, 0.3) is 0 Å². The topological polar surface area (TPSA) is 91.7 Å². The molecule has 2 aromatic rings. The van der Waals surface area contributed by atoms with E-state index in [2.05, 4.69) is 15.9 Å².